The van der Waals surface area contributed by atoms with Gasteiger partial charge in [-0.3, -0.25) is 13.9 Å². The maximum absolute atomic E-state index is 13.6. The lowest BCUT2D eigenvalue weighted by Crippen LogP contribution is -2.23. The van der Waals surface area contributed by atoms with Gasteiger partial charge in [0.05, 0.1) is 23.2 Å². The number of esters is 1. The van der Waals surface area contributed by atoms with Crippen LogP contribution < -0.4 is 5.56 Å². The standard InChI is InChI=1S/C27H27N5O3/c1-4-6-15-35-27(34)18-11-13-19(14-12-18)32-24-22(26(33)31(16-28-24)17(3)5-2)23-25(32)30-21-10-8-7-9-20(21)29-23/h7-14,16-17H,4-6,15H2,1-3H3. The first kappa shape index (κ1) is 22.7. The first-order valence-electron chi connectivity index (χ1n) is 12.0. The van der Waals surface area contributed by atoms with Gasteiger partial charge in [-0.15, -0.1) is 0 Å². The molecule has 8 heteroatoms. The van der Waals surface area contributed by atoms with E-state index in [9.17, 15) is 9.59 Å². The fraction of sp³-hybridized carbons (Fsp3) is 0.296. The zero-order valence-corrected chi connectivity index (χ0v) is 20.1. The van der Waals surface area contributed by atoms with Gasteiger partial charge in [-0.05, 0) is 56.2 Å². The molecule has 0 radical (unpaired) electrons. The highest BCUT2D eigenvalue weighted by molar-refractivity contribution is 6.05. The number of carbonyl (C=O) groups excluding carboxylic acids is 1. The van der Waals surface area contributed by atoms with E-state index in [-0.39, 0.29) is 17.6 Å². The molecule has 35 heavy (non-hydrogen) atoms. The molecule has 0 saturated heterocycles. The van der Waals surface area contributed by atoms with Crippen molar-refractivity contribution in [2.45, 2.75) is 46.1 Å². The molecule has 2 aromatic carbocycles. The summed E-state index contributed by atoms with van der Waals surface area (Å²) in [5.74, 6) is -0.354. The molecule has 1 unspecified atom stereocenters. The molecule has 0 spiro atoms. The number of fused-ring (bicyclic) bond motifs is 4. The van der Waals surface area contributed by atoms with Gasteiger partial charge in [0, 0.05) is 11.7 Å². The van der Waals surface area contributed by atoms with Gasteiger partial charge in [0.15, 0.2) is 11.3 Å². The van der Waals surface area contributed by atoms with Crippen LogP contribution in [0.15, 0.2) is 59.7 Å². The highest BCUT2D eigenvalue weighted by Gasteiger charge is 2.22. The third-order valence-corrected chi connectivity index (χ3v) is 6.35. The summed E-state index contributed by atoms with van der Waals surface area (Å²) in [6.07, 6.45) is 4.18. The summed E-state index contributed by atoms with van der Waals surface area (Å²) in [6.45, 7) is 6.48. The topological polar surface area (TPSA) is 91.9 Å². The lowest BCUT2D eigenvalue weighted by Gasteiger charge is -2.12. The number of hydrogen-bond donors (Lipinski definition) is 0. The van der Waals surface area contributed by atoms with Gasteiger partial charge >= 0.3 is 5.97 Å². The van der Waals surface area contributed by atoms with Crippen LogP contribution in [0.4, 0.5) is 0 Å². The molecule has 0 N–H and O–H groups in total. The van der Waals surface area contributed by atoms with Crippen molar-refractivity contribution in [2.24, 2.45) is 0 Å². The van der Waals surface area contributed by atoms with E-state index in [0.717, 1.165) is 30.5 Å². The Balaban J connectivity index is 1.72. The van der Waals surface area contributed by atoms with Crippen LogP contribution >= 0.6 is 0 Å². The monoisotopic (exact) mass is 469 g/mol. The van der Waals surface area contributed by atoms with Gasteiger partial charge in [-0.25, -0.2) is 19.7 Å². The molecular formula is C27H27N5O3. The number of ether oxygens (including phenoxy) is 1. The molecule has 0 bridgehead atoms. The summed E-state index contributed by atoms with van der Waals surface area (Å²) in [5, 5.41) is 0.434. The van der Waals surface area contributed by atoms with E-state index in [0.29, 0.717) is 39.9 Å². The Labute approximate surface area is 202 Å². The SMILES string of the molecule is CCCCOC(=O)c1ccc(-n2c3nc4ccccc4nc3c3c(=O)n(C(C)CC)cnc32)cc1. The molecule has 5 aromatic rings. The molecule has 1 atom stereocenters. The molecule has 0 aliphatic rings. The third kappa shape index (κ3) is 3.95. The summed E-state index contributed by atoms with van der Waals surface area (Å²) in [7, 11) is 0. The fourth-order valence-corrected chi connectivity index (χ4v) is 4.14. The van der Waals surface area contributed by atoms with Crippen molar-refractivity contribution in [3.63, 3.8) is 0 Å². The number of rotatable bonds is 7. The Bertz CT molecular complexity index is 1600. The lowest BCUT2D eigenvalue weighted by atomic mass is 10.2. The van der Waals surface area contributed by atoms with E-state index in [1.165, 1.54) is 0 Å². The van der Waals surface area contributed by atoms with Gasteiger partial charge in [-0.1, -0.05) is 32.4 Å². The largest absolute Gasteiger partial charge is 0.462 e. The van der Waals surface area contributed by atoms with Crippen molar-refractivity contribution in [1.82, 2.24) is 24.1 Å². The molecule has 0 saturated carbocycles. The van der Waals surface area contributed by atoms with E-state index in [1.807, 2.05) is 61.7 Å². The lowest BCUT2D eigenvalue weighted by molar-refractivity contribution is 0.0500. The number of hydrogen-bond acceptors (Lipinski definition) is 6. The molecule has 0 aliphatic heterocycles. The smallest absolute Gasteiger partial charge is 0.338 e. The number of nitrogens with zero attached hydrogens (tertiary/aromatic N) is 5. The molecule has 3 aromatic heterocycles. The zero-order chi connectivity index (χ0) is 24.5. The van der Waals surface area contributed by atoms with Crippen LogP contribution in [-0.2, 0) is 4.74 Å². The van der Waals surface area contributed by atoms with Crippen LogP contribution in [0.25, 0.3) is 38.9 Å². The second kappa shape index (κ2) is 9.29. The Morgan fingerprint density at radius 1 is 1.00 bits per heavy atom. The van der Waals surface area contributed by atoms with E-state index >= 15 is 0 Å². The highest BCUT2D eigenvalue weighted by atomic mass is 16.5. The molecule has 8 nitrogen and oxygen atoms in total. The Morgan fingerprint density at radius 2 is 1.71 bits per heavy atom. The van der Waals surface area contributed by atoms with Crippen molar-refractivity contribution in [2.75, 3.05) is 6.61 Å². The van der Waals surface area contributed by atoms with Crippen molar-refractivity contribution >= 4 is 39.2 Å². The van der Waals surface area contributed by atoms with Gasteiger partial charge in [0.2, 0.25) is 0 Å². The zero-order valence-electron chi connectivity index (χ0n) is 20.1. The average Bonchev–Trinajstić information content (AvgIpc) is 3.21. The van der Waals surface area contributed by atoms with E-state index in [4.69, 9.17) is 14.7 Å². The number of carbonyl (C=O) groups is 1. The van der Waals surface area contributed by atoms with Gasteiger partial charge in [-0.2, -0.15) is 0 Å². The predicted molar refractivity (Wildman–Crippen MR) is 136 cm³/mol. The fourth-order valence-electron chi connectivity index (χ4n) is 4.14. The van der Waals surface area contributed by atoms with Gasteiger partial charge < -0.3 is 4.74 Å². The predicted octanol–water partition coefficient (Wildman–Crippen LogP) is 5.21. The van der Waals surface area contributed by atoms with Crippen LogP contribution in [0.5, 0.6) is 0 Å². The van der Waals surface area contributed by atoms with Crippen molar-refractivity contribution in [3.05, 3.63) is 70.8 Å². The van der Waals surface area contributed by atoms with Crippen LogP contribution in [-0.4, -0.2) is 36.7 Å². The van der Waals surface area contributed by atoms with Crippen molar-refractivity contribution in [1.29, 1.82) is 0 Å². The first-order chi connectivity index (χ1) is 17.0. The van der Waals surface area contributed by atoms with E-state index in [2.05, 4.69) is 4.98 Å². The summed E-state index contributed by atoms with van der Waals surface area (Å²) in [4.78, 5) is 40.3. The van der Waals surface area contributed by atoms with Crippen LogP contribution in [0.1, 0.15) is 56.4 Å². The summed E-state index contributed by atoms with van der Waals surface area (Å²) in [6, 6.07) is 14.6. The number of unbranched alkanes of at least 4 members (excludes halogenated alkanes) is 1. The Hall–Kier alpha value is -4.07. The number of para-hydroxylation sites is 2. The van der Waals surface area contributed by atoms with Gasteiger partial charge in [0.25, 0.3) is 5.56 Å². The molecule has 0 aliphatic carbocycles. The minimum absolute atomic E-state index is 0.00391. The van der Waals surface area contributed by atoms with Crippen LogP contribution in [0, 0.1) is 0 Å². The van der Waals surface area contributed by atoms with Gasteiger partial charge in [0.1, 0.15) is 17.2 Å². The molecule has 3 heterocycles. The summed E-state index contributed by atoms with van der Waals surface area (Å²) >= 11 is 0. The Morgan fingerprint density at radius 3 is 2.40 bits per heavy atom. The third-order valence-electron chi connectivity index (χ3n) is 6.35. The maximum Gasteiger partial charge on any atom is 0.338 e. The quantitative estimate of drug-likeness (QED) is 0.240. The first-order valence-corrected chi connectivity index (χ1v) is 12.0. The van der Waals surface area contributed by atoms with Crippen molar-refractivity contribution in [3.8, 4) is 5.69 Å². The van der Waals surface area contributed by atoms with Crippen LogP contribution in [0.3, 0.4) is 0 Å². The van der Waals surface area contributed by atoms with Crippen molar-refractivity contribution < 1.29 is 9.53 Å². The summed E-state index contributed by atoms with van der Waals surface area (Å²) in [5.41, 5.74) is 4.03. The second-order valence-corrected chi connectivity index (χ2v) is 8.67. The molecule has 0 fully saturated rings. The van der Waals surface area contributed by atoms with E-state index < -0.39 is 0 Å². The minimum Gasteiger partial charge on any atom is -0.462 e. The number of benzene rings is 2. The second-order valence-electron chi connectivity index (χ2n) is 8.67. The number of aromatic nitrogens is 5. The average molecular weight is 470 g/mol. The molecule has 178 valence electrons. The van der Waals surface area contributed by atoms with Crippen LogP contribution in [0.2, 0.25) is 0 Å². The minimum atomic E-state index is -0.354. The Kier molecular flexibility index (Phi) is 6.03. The maximum atomic E-state index is 13.6. The highest BCUT2D eigenvalue weighted by Crippen LogP contribution is 2.29. The summed E-state index contributed by atoms with van der Waals surface area (Å²) < 4.78 is 8.81. The molecule has 0 amide bonds. The molecular weight excluding hydrogens is 442 g/mol. The molecule has 5 rings (SSSR count). The normalized spacial score (nSPS) is 12.4. The van der Waals surface area contributed by atoms with E-state index in [1.54, 1.807) is 23.0 Å².